The van der Waals surface area contributed by atoms with E-state index in [1.54, 1.807) is 6.20 Å². The summed E-state index contributed by atoms with van der Waals surface area (Å²) in [5.41, 5.74) is 1.25. The first-order valence-electron chi connectivity index (χ1n) is 6.09. The zero-order valence-electron chi connectivity index (χ0n) is 9.65. The smallest absolute Gasteiger partial charge is 0.0613 e. The van der Waals surface area contributed by atoms with E-state index in [4.69, 9.17) is 0 Å². The van der Waals surface area contributed by atoms with Crippen molar-refractivity contribution in [2.24, 2.45) is 0 Å². The van der Waals surface area contributed by atoms with E-state index in [1.165, 1.54) is 18.4 Å². The molecule has 2 rings (SSSR count). The maximum atomic E-state index is 9.44. The predicted octanol–water partition coefficient (Wildman–Crippen LogP) is 1.52. The lowest BCUT2D eigenvalue weighted by Crippen LogP contribution is -2.46. The van der Waals surface area contributed by atoms with Crippen LogP contribution in [0.15, 0.2) is 24.5 Å². The van der Waals surface area contributed by atoms with Gasteiger partial charge in [-0.05, 0) is 37.4 Å². The van der Waals surface area contributed by atoms with Gasteiger partial charge in [0.1, 0.15) is 0 Å². The molecule has 1 aromatic rings. The fourth-order valence-electron chi connectivity index (χ4n) is 2.46. The summed E-state index contributed by atoms with van der Waals surface area (Å²) in [7, 11) is 0. The number of nitrogens with one attached hydrogen (secondary N) is 1. The Hall–Kier alpha value is -0.930. The number of nitrogens with zero attached hydrogens (tertiary/aromatic N) is 1. The molecule has 1 fully saturated rings. The zero-order valence-corrected chi connectivity index (χ0v) is 9.65. The molecule has 0 atom stereocenters. The number of hydrogen-bond acceptors (Lipinski definition) is 3. The molecule has 0 aliphatic heterocycles. The summed E-state index contributed by atoms with van der Waals surface area (Å²) in [4.78, 5) is 4.10. The van der Waals surface area contributed by atoms with Gasteiger partial charge in [0, 0.05) is 17.9 Å². The van der Waals surface area contributed by atoms with Crippen molar-refractivity contribution >= 4 is 0 Å². The van der Waals surface area contributed by atoms with Crippen molar-refractivity contribution in [3.8, 4) is 0 Å². The average molecular weight is 220 g/mol. The molecule has 1 aliphatic rings. The molecule has 3 nitrogen and oxygen atoms in total. The largest absolute Gasteiger partial charge is 0.394 e. The maximum absolute atomic E-state index is 9.44. The Morgan fingerprint density at radius 2 is 2.19 bits per heavy atom. The summed E-state index contributed by atoms with van der Waals surface area (Å²) in [6, 6.07) is 4.06. The van der Waals surface area contributed by atoms with Crippen LogP contribution >= 0.6 is 0 Å². The van der Waals surface area contributed by atoms with Crippen molar-refractivity contribution in [2.45, 2.75) is 37.6 Å². The van der Waals surface area contributed by atoms with E-state index in [-0.39, 0.29) is 12.1 Å². The van der Waals surface area contributed by atoms with Crippen LogP contribution in [0, 0.1) is 0 Å². The number of aliphatic hydroxyl groups is 1. The highest BCUT2D eigenvalue weighted by Crippen LogP contribution is 2.28. The van der Waals surface area contributed by atoms with E-state index in [2.05, 4.69) is 16.4 Å². The molecule has 1 saturated carbocycles. The molecule has 1 heterocycles. The van der Waals surface area contributed by atoms with Crippen molar-refractivity contribution in [1.82, 2.24) is 10.3 Å². The highest BCUT2D eigenvalue weighted by Gasteiger charge is 2.31. The van der Waals surface area contributed by atoms with Crippen molar-refractivity contribution < 1.29 is 5.11 Å². The van der Waals surface area contributed by atoms with Gasteiger partial charge in [-0.25, -0.2) is 0 Å². The van der Waals surface area contributed by atoms with Gasteiger partial charge in [0.05, 0.1) is 6.61 Å². The van der Waals surface area contributed by atoms with Crippen molar-refractivity contribution in [3.63, 3.8) is 0 Å². The zero-order chi connectivity index (χ0) is 11.3. The predicted molar refractivity (Wildman–Crippen MR) is 64.2 cm³/mol. The normalized spacial score (nSPS) is 18.8. The van der Waals surface area contributed by atoms with Crippen LogP contribution in [0.1, 0.15) is 31.2 Å². The second-order valence-corrected chi connectivity index (χ2v) is 4.68. The van der Waals surface area contributed by atoms with E-state index in [1.807, 2.05) is 12.3 Å². The van der Waals surface area contributed by atoms with Crippen LogP contribution in [-0.2, 0) is 6.42 Å². The highest BCUT2D eigenvalue weighted by molar-refractivity contribution is 5.09. The van der Waals surface area contributed by atoms with Crippen LogP contribution < -0.4 is 5.32 Å². The van der Waals surface area contributed by atoms with Crippen molar-refractivity contribution in [1.29, 1.82) is 0 Å². The minimum atomic E-state index is 0.00219. The second kappa shape index (κ2) is 5.41. The highest BCUT2D eigenvalue weighted by atomic mass is 16.3. The molecular formula is C13H20N2O. The van der Waals surface area contributed by atoms with Gasteiger partial charge >= 0.3 is 0 Å². The summed E-state index contributed by atoms with van der Waals surface area (Å²) in [6.07, 6.45) is 9.37. The molecule has 0 spiro atoms. The topological polar surface area (TPSA) is 45.1 Å². The summed E-state index contributed by atoms with van der Waals surface area (Å²) >= 11 is 0. The first kappa shape index (κ1) is 11.6. The maximum Gasteiger partial charge on any atom is 0.0613 e. The Morgan fingerprint density at radius 1 is 1.38 bits per heavy atom. The summed E-state index contributed by atoms with van der Waals surface area (Å²) in [6.45, 7) is 1.19. The first-order valence-corrected chi connectivity index (χ1v) is 6.09. The molecular weight excluding hydrogens is 200 g/mol. The summed E-state index contributed by atoms with van der Waals surface area (Å²) in [5.74, 6) is 0. The van der Waals surface area contributed by atoms with Crippen LogP contribution in [0.4, 0.5) is 0 Å². The van der Waals surface area contributed by atoms with E-state index in [0.717, 1.165) is 25.8 Å². The van der Waals surface area contributed by atoms with Crippen LogP contribution in [0.3, 0.4) is 0 Å². The lowest BCUT2D eigenvalue weighted by molar-refractivity contribution is 0.165. The van der Waals surface area contributed by atoms with Gasteiger partial charge in [0.15, 0.2) is 0 Å². The third-order valence-corrected chi connectivity index (χ3v) is 3.50. The molecule has 0 aromatic carbocycles. The third-order valence-electron chi connectivity index (χ3n) is 3.50. The van der Waals surface area contributed by atoms with Crippen molar-refractivity contribution in [3.05, 3.63) is 30.1 Å². The summed E-state index contributed by atoms with van der Waals surface area (Å²) < 4.78 is 0. The molecule has 1 aromatic heterocycles. The molecule has 0 amide bonds. The van der Waals surface area contributed by atoms with Gasteiger partial charge in [-0.3, -0.25) is 4.98 Å². The SMILES string of the molecule is OCC1(NCCc2cccnc2)CCCC1. The van der Waals surface area contributed by atoms with Gasteiger partial charge in [-0.1, -0.05) is 18.9 Å². The molecule has 3 heteroatoms. The molecule has 88 valence electrons. The van der Waals surface area contributed by atoms with Gasteiger partial charge < -0.3 is 10.4 Å². The van der Waals surface area contributed by atoms with Crippen LogP contribution in [0.5, 0.6) is 0 Å². The van der Waals surface area contributed by atoms with Crippen LogP contribution in [-0.4, -0.2) is 28.8 Å². The van der Waals surface area contributed by atoms with E-state index in [9.17, 15) is 5.11 Å². The van der Waals surface area contributed by atoms with Crippen LogP contribution in [0.25, 0.3) is 0 Å². The van der Waals surface area contributed by atoms with E-state index in [0.29, 0.717) is 0 Å². The minimum Gasteiger partial charge on any atom is -0.394 e. The van der Waals surface area contributed by atoms with Crippen molar-refractivity contribution in [2.75, 3.05) is 13.2 Å². The molecule has 0 unspecified atom stereocenters. The Bertz CT molecular complexity index is 307. The van der Waals surface area contributed by atoms with Crippen LogP contribution in [0.2, 0.25) is 0 Å². The van der Waals surface area contributed by atoms with E-state index >= 15 is 0 Å². The average Bonchev–Trinajstić information content (AvgIpc) is 2.80. The quantitative estimate of drug-likeness (QED) is 0.791. The number of pyridine rings is 1. The Labute approximate surface area is 96.9 Å². The molecule has 0 bridgehead atoms. The fraction of sp³-hybridized carbons (Fsp3) is 0.615. The lowest BCUT2D eigenvalue weighted by atomic mass is 9.98. The number of rotatable bonds is 5. The molecule has 0 saturated heterocycles. The van der Waals surface area contributed by atoms with E-state index < -0.39 is 0 Å². The minimum absolute atomic E-state index is 0.00219. The van der Waals surface area contributed by atoms with Gasteiger partial charge in [0.2, 0.25) is 0 Å². The molecule has 2 N–H and O–H groups in total. The third kappa shape index (κ3) is 2.80. The lowest BCUT2D eigenvalue weighted by Gasteiger charge is -2.28. The Balaban J connectivity index is 1.79. The fourth-order valence-corrected chi connectivity index (χ4v) is 2.46. The molecule has 16 heavy (non-hydrogen) atoms. The van der Waals surface area contributed by atoms with Gasteiger partial charge in [-0.2, -0.15) is 0 Å². The second-order valence-electron chi connectivity index (χ2n) is 4.68. The number of aliphatic hydroxyl groups excluding tert-OH is 1. The Morgan fingerprint density at radius 3 is 2.81 bits per heavy atom. The summed E-state index contributed by atoms with van der Waals surface area (Å²) in [5, 5.41) is 13.0. The first-order chi connectivity index (χ1) is 7.85. The van der Waals surface area contributed by atoms with Gasteiger partial charge in [0.25, 0.3) is 0 Å². The Kier molecular flexibility index (Phi) is 3.91. The van der Waals surface area contributed by atoms with Gasteiger partial charge in [-0.15, -0.1) is 0 Å². The number of aromatic nitrogens is 1. The molecule has 0 radical (unpaired) electrons. The monoisotopic (exact) mass is 220 g/mol. The standard InChI is InChI=1S/C13H20N2O/c16-11-13(6-1-2-7-13)15-9-5-12-4-3-8-14-10-12/h3-4,8,10,15-16H,1-2,5-7,9,11H2. The molecule has 1 aliphatic carbocycles. The number of hydrogen-bond donors (Lipinski definition) is 2.